The molecule has 1 atom stereocenters. The lowest BCUT2D eigenvalue weighted by molar-refractivity contribution is 0.386. The molecule has 0 aromatic heterocycles. The standard InChI is InChI=1S/C14H23FN2O2S/c1-5-13(11-7-6-8-12(15)9-11)16-10-14(2,3)17-20(4,18)19/h6-9,13,16-17H,5,10H2,1-4H3. The van der Waals surface area contributed by atoms with Crippen LogP contribution in [0.4, 0.5) is 4.39 Å². The second-order valence-corrected chi connectivity index (χ2v) is 7.40. The molecule has 0 aliphatic carbocycles. The van der Waals surface area contributed by atoms with Gasteiger partial charge in [-0.3, -0.25) is 0 Å². The van der Waals surface area contributed by atoms with E-state index in [0.717, 1.165) is 18.2 Å². The third-order valence-electron chi connectivity index (χ3n) is 2.91. The maximum Gasteiger partial charge on any atom is 0.209 e. The molecule has 1 unspecified atom stereocenters. The largest absolute Gasteiger partial charge is 0.308 e. The molecule has 0 saturated heterocycles. The van der Waals surface area contributed by atoms with Gasteiger partial charge in [0.25, 0.3) is 0 Å². The van der Waals surface area contributed by atoms with Crippen molar-refractivity contribution in [2.24, 2.45) is 0 Å². The van der Waals surface area contributed by atoms with Gasteiger partial charge in [-0.05, 0) is 38.0 Å². The Morgan fingerprint density at radius 3 is 2.50 bits per heavy atom. The van der Waals surface area contributed by atoms with E-state index in [9.17, 15) is 12.8 Å². The highest BCUT2D eigenvalue weighted by atomic mass is 32.2. The zero-order valence-electron chi connectivity index (χ0n) is 12.4. The van der Waals surface area contributed by atoms with Crippen LogP contribution in [0.2, 0.25) is 0 Å². The van der Waals surface area contributed by atoms with Crippen LogP contribution in [0.25, 0.3) is 0 Å². The molecule has 0 radical (unpaired) electrons. The second-order valence-electron chi connectivity index (χ2n) is 5.65. The van der Waals surface area contributed by atoms with Crippen molar-refractivity contribution in [1.82, 2.24) is 10.0 Å². The summed E-state index contributed by atoms with van der Waals surface area (Å²) in [7, 11) is -3.26. The molecular formula is C14H23FN2O2S. The molecule has 2 N–H and O–H groups in total. The van der Waals surface area contributed by atoms with Crippen molar-refractivity contribution in [2.75, 3.05) is 12.8 Å². The third kappa shape index (κ3) is 5.98. The first kappa shape index (κ1) is 17.1. The fourth-order valence-electron chi connectivity index (χ4n) is 2.14. The molecule has 0 saturated carbocycles. The normalized spacial score (nSPS) is 14.2. The minimum Gasteiger partial charge on any atom is -0.308 e. The quantitative estimate of drug-likeness (QED) is 0.812. The minimum absolute atomic E-state index is 0.00802. The van der Waals surface area contributed by atoms with Crippen molar-refractivity contribution in [3.05, 3.63) is 35.6 Å². The van der Waals surface area contributed by atoms with Crippen molar-refractivity contribution < 1.29 is 12.8 Å². The first-order valence-corrected chi connectivity index (χ1v) is 8.50. The van der Waals surface area contributed by atoms with Gasteiger partial charge in [-0.15, -0.1) is 0 Å². The molecule has 0 fully saturated rings. The van der Waals surface area contributed by atoms with E-state index in [4.69, 9.17) is 0 Å². The molecule has 1 rings (SSSR count). The average Bonchev–Trinajstić information content (AvgIpc) is 2.26. The first-order valence-electron chi connectivity index (χ1n) is 6.61. The summed E-state index contributed by atoms with van der Waals surface area (Å²) in [5, 5.41) is 3.28. The van der Waals surface area contributed by atoms with Crippen LogP contribution in [0.15, 0.2) is 24.3 Å². The number of nitrogens with one attached hydrogen (secondary N) is 2. The van der Waals surface area contributed by atoms with Crippen molar-refractivity contribution in [3.8, 4) is 0 Å². The molecule has 1 aromatic carbocycles. The number of sulfonamides is 1. The second kappa shape index (κ2) is 6.65. The van der Waals surface area contributed by atoms with Crippen molar-refractivity contribution in [1.29, 1.82) is 0 Å². The van der Waals surface area contributed by atoms with Gasteiger partial charge >= 0.3 is 0 Å². The molecule has 0 spiro atoms. The van der Waals surface area contributed by atoms with E-state index in [1.807, 2.05) is 13.0 Å². The van der Waals surface area contributed by atoms with Gasteiger partial charge in [0.05, 0.1) is 6.26 Å². The van der Waals surface area contributed by atoms with E-state index < -0.39 is 15.6 Å². The maximum atomic E-state index is 13.2. The number of hydrogen-bond acceptors (Lipinski definition) is 3. The van der Waals surface area contributed by atoms with Gasteiger partial charge in [-0.1, -0.05) is 19.1 Å². The lowest BCUT2D eigenvalue weighted by Gasteiger charge is -2.28. The molecule has 0 aliphatic heterocycles. The number of rotatable bonds is 7. The Morgan fingerprint density at radius 2 is 2.00 bits per heavy atom. The van der Waals surface area contributed by atoms with Crippen molar-refractivity contribution in [3.63, 3.8) is 0 Å². The van der Waals surface area contributed by atoms with Crippen LogP contribution in [0.3, 0.4) is 0 Å². The smallest absolute Gasteiger partial charge is 0.209 e. The summed E-state index contributed by atoms with van der Waals surface area (Å²) in [5.74, 6) is -0.267. The maximum absolute atomic E-state index is 13.2. The Balaban J connectivity index is 2.71. The van der Waals surface area contributed by atoms with Gasteiger partial charge in [-0.2, -0.15) is 0 Å². The Morgan fingerprint density at radius 1 is 1.35 bits per heavy atom. The summed E-state index contributed by atoms with van der Waals surface area (Å²) >= 11 is 0. The molecule has 0 aliphatic rings. The SMILES string of the molecule is CCC(NCC(C)(C)NS(C)(=O)=O)c1cccc(F)c1. The first-order chi connectivity index (χ1) is 9.13. The zero-order valence-corrected chi connectivity index (χ0v) is 13.2. The fourth-order valence-corrected chi connectivity index (χ4v) is 3.21. The van der Waals surface area contributed by atoms with Gasteiger partial charge in [0, 0.05) is 18.1 Å². The Kier molecular flexibility index (Phi) is 5.68. The summed E-state index contributed by atoms with van der Waals surface area (Å²) in [4.78, 5) is 0. The van der Waals surface area contributed by atoms with Crippen LogP contribution in [0, 0.1) is 5.82 Å². The van der Waals surface area contributed by atoms with E-state index in [0.29, 0.717) is 6.54 Å². The Hall–Kier alpha value is -0.980. The van der Waals surface area contributed by atoms with Crippen molar-refractivity contribution >= 4 is 10.0 Å². The molecule has 1 aromatic rings. The third-order valence-corrected chi connectivity index (χ3v) is 3.83. The summed E-state index contributed by atoms with van der Waals surface area (Å²) in [6.45, 7) is 6.06. The summed E-state index contributed by atoms with van der Waals surface area (Å²) in [5.41, 5.74) is 0.261. The number of hydrogen-bond donors (Lipinski definition) is 2. The highest BCUT2D eigenvalue weighted by Gasteiger charge is 2.23. The average molecular weight is 302 g/mol. The van der Waals surface area contributed by atoms with Gasteiger partial charge < -0.3 is 5.32 Å². The van der Waals surface area contributed by atoms with Gasteiger partial charge in [-0.25, -0.2) is 17.5 Å². The molecular weight excluding hydrogens is 279 g/mol. The molecule has 4 nitrogen and oxygen atoms in total. The van der Waals surface area contributed by atoms with E-state index in [2.05, 4.69) is 10.0 Å². The lowest BCUT2D eigenvalue weighted by atomic mass is 10.0. The summed E-state index contributed by atoms with van der Waals surface area (Å²) in [6.07, 6.45) is 1.93. The zero-order chi connectivity index (χ0) is 15.4. The fraction of sp³-hybridized carbons (Fsp3) is 0.571. The Bertz CT molecular complexity index is 544. The van der Waals surface area contributed by atoms with Crippen molar-refractivity contribution in [2.45, 2.75) is 38.8 Å². The molecule has 0 amide bonds. The van der Waals surface area contributed by atoms with Gasteiger partial charge in [0.2, 0.25) is 10.0 Å². The summed E-state index contributed by atoms with van der Waals surface area (Å²) in [6, 6.07) is 6.44. The van der Waals surface area contributed by atoms with E-state index >= 15 is 0 Å². The minimum atomic E-state index is -3.26. The van der Waals surface area contributed by atoms with Crippen LogP contribution in [-0.2, 0) is 10.0 Å². The van der Waals surface area contributed by atoms with E-state index in [1.165, 1.54) is 12.1 Å². The summed E-state index contributed by atoms with van der Waals surface area (Å²) < 4.78 is 38.4. The molecule has 0 bridgehead atoms. The predicted molar refractivity (Wildman–Crippen MR) is 79.5 cm³/mol. The van der Waals surface area contributed by atoms with Crippen LogP contribution < -0.4 is 10.0 Å². The molecule has 114 valence electrons. The predicted octanol–water partition coefficient (Wildman–Crippen LogP) is 2.19. The van der Waals surface area contributed by atoms with Gasteiger partial charge in [0.15, 0.2) is 0 Å². The van der Waals surface area contributed by atoms with Crippen LogP contribution in [-0.4, -0.2) is 26.8 Å². The number of halogens is 1. The monoisotopic (exact) mass is 302 g/mol. The van der Waals surface area contributed by atoms with E-state index in [1.54, 1.807) is 19.9 Å². The number of benzene rings is 1. The van der Waals surface area contributed by atoms with Crippen LogP contribution in [0.1, 0.15) is 38.8 Å². The molecule has 0 heterocycles. The lowest BCUT2D eigenvalue weighted by Crippen LogP contribution is -2.50. The molecule has 20 heavy (non-hydrogen) atoms. The topological polar surface area (TPSA) is 58.2 Å². The van der Waals surface area contributed by atoms with Crippen LogP contribution >= 0.6 is 0 Å². The van der Waals surface area contributed by atoms with E-state index in [-0.39, 0.29) is 11.9 Å². The van der Waals surface area contributed by atoms with Gasteiger partial charge in [0.1, 0.15) is 5.82 Å². The highest BCUT2D eigenvalue weighted by molar-refractivity contribution is 7.88. The Labute approximate surface area is 120 Å². The van der Waals surface area contributed by atoms with Crippen LogP contribution in [0.5, 0.6) is 0 Å². The highest BCUT2D eigenvalue weighted by Crippen LogP contribution is 2.18. The molecule has 6 heteroatoms.